The smallest absolute Gasteiger partial charge is 0.0755 e. The van der Waals surface area contributed by atoms with Gasteiger partial charge in [0.15, 0.2) is 0 Å². The molecule has 16 heavy (non-hydrogen) atoms. The van der Waals surface area contributed by atoms with Gasteiger partial charge in [0.25, 0.3) is 0 Å². The third-order valence-corrected chi connectivity index (χ3v) is 3.04. The Hall–Kier alpha value is -0.860. The third kappa shape index (κ3) is 3.06. The van der Waals surface area contributed by atoms with Crippen molar-refractivity contribution in [2.45, 2.75) is 45.8 Å². The maximum absolute atomic E-state index is 9.90. The first-order valence-corrected chi connectivity index (χ1v) is 5.97. The summed E-state index contributed by atoms with van der Waals surface area (Å²) in [7, 11) is 0. The molecule has 1 rings (SSSR count). The van der Waals surface area contributed by atoms with Crippen molar-refractivity contribution in [2.24, 2.45) is 11.7 Å². The lowest BCUT2D eigenvalue weighted by atomic mass is 9.92. The van der Waals surface area contributed by atoms with Crippen LogP contribution in [0.1, 0.15) is 50.8 Å². The van der Waals surface area contributed by atoms with Gasteiger partial charge >= 0.3 is 0 Å². The second-order valence-corrected chi connectivity index (χ2v) is 5.08. The van der Waals surface area contributed by atoms with Crippen LogP contribution in [0.25, 0.3) is 0 Å². The number of aliphatic hydroxyl groups is 1. The fourth-order valence-corrected chi connectivity index (χ4v) is 1.71. The van der Waals surface area contributed by atoms with Crippen molar-refractivity contribution in [3.05, 3.63) is 35.4 Å². The highest BCUT2D eigenvalue weighted by Gasteiger charge is 2.19. The molecule has 0 spiro atoms. The van der Waals surface area contributed by atoms with E-state index in [-0.39, 0.29) is 12.0 Å². The number of benzene rings is 1. The van der Waals surface area contributed by atoms with Crippen molar-refractivity contribution >= 4 is 0 Å². The standard InChI is InChI=1S/C14H23NO/c1-9(2)11-5-7-12(8-6-11)13(15)14(16)10(3)4/h5-10,13-14,16H,15H2,1-4H3/t13-,14+/m1/s1. The molecule has 0 aliphatic carbocycles. The maximum atomic E-state index is 9.90. The van der Waals surface area contributed by atoms with Gasteiger partial charge in [-0.15, -0.1) is 0 Å². The summed E-state index contributed by atoms with van der Waals surface area (Å²) in [5.74, 6) is 0.708. The van der Waals surface area contributed by atoms with Gasteiger partial charge in [-0.3, -0.25) is 0 Å². The molecule has 1 aromatic rings. The molecule has 90 valence electrons. The molecule has 3 N–H and O–H groups in total. The van der Waals surface area contributed by atoms with Crippen molar-refractivity contribution in [1.82, 2.24) is 0 Å². The molecule has 1 aromatic carbocycles. The van der Waals surface area contributed by atoms with Gasteiger partial charge in [0.2, 0.25) is 0 Å². The SMILES string of the molecule is CC(C)c1ccc([C@@H](N)[C@@H](O)C(C)C)cc1. The van der Waals surface area contributed by atoms with Crippen LogP contribution in [-0.2, 0) is 0 Å². The number of hydrogen-bond acceptors (Lipinski definition) is 2. The second kappa shape index (κ2) is 5.46. The highest BCUT2D eigenvalue weighted by Crippen LogP contribution is 2.22. The van der Waals surface area contributed by atoms with Crippen LogP contribution in [0.5, 0.6) is 0 Å². The molecule has 0 saturated carbocycles. The molecule has 2 nitrogen and oxygen atoms in total. The molecule has 0 aromatic heterocycles. The van der Waals surface area contributed by atoms with Crippen LogP contribution in [0.2, 0.25) is 0 Å². The maximum Gasteiger partial charge on any atom is 0.0755 e. The molecular formula is C14H23NO. The van der Waals surface area contributed by atoms with Gasteiger partial charge in [-0.2, -0.15) is 0 Å². The zero-order valence-corrected chi connectivity index (χ0v) is 10.6. The predicted molar refractivity (Wildman–Crippen MR) is 68.3 cm³/mol. The first-order chi connectivity index (χ1) is 7.43. The van der Waals surface area contributed by atoms with Crippen LogP contribution in [0.4, 0.5) is 0 Å². The molecule has 0 aliphatic heterocycles. The van der Waals surface area contributed by atoms with E-state index < -0.39 is 6.10 Å². The van der Waals surface area contributed by atoms with Crippen molar-refractivity contribution in [3.8, 4) is 0 Å². The van der Waals surface area contributed by atoms with Gasteiger partial charge in [-0.1, -0.05) is 52.0 Å². The lowest BCUT2D eigenvalue weighted by Gasteiger charge is -2.22. The highest BCUT2D eigenvalue weighted by atomic mass is 16.3. The minimum absolute atomic E-state index is 0.180. The second-order valence-electron chi connectivity index (χ2n) is 5.08. The Morgan fingerprint density at radius 1 is 0.938 bits per heavy atom. The Morgan fingerprint density at radius 2 is 1.38 bits per heavy atom. The van der Waals surface area contributed by atoms with E-state index in [9.17, 15) is 5.11 Å². The Morgan fingerprint density at radius 3 is 1.75 bits per heavy atom. The predicted octanol–water partition coefficient (Wildman–Crippen LogP) is 2.83. The molecule has 0 fully saturated rings. The molecule has 0 saturated heterocycles. The fourth-order valence-electron chi connectivity index (χ4n) is 1.71. The van der Waals surface area contributed by atoms with Gasteiger partial charge in [0.05, 0.1) is 12.1 Å². The molecule has 0 unspecified atom stereocenters. The largest absolute Gasteiger partial charge is 0.391 e. The summed E-state index contributed by atoms with van der Waals surface area (Å²) >= 11 is 0. The Bertz CT molecular complexity index is 316. The highest BCUT2D eigenvalue weighted by molar-refractivity contribution is 5.27. The van der Waals surface area contributed by atoms with E-state index in [2.05, 4.69) is 26.0 Å². The van der Waals surface area contributed by atoms with E-state index in [1.165, 1.54) is 5.56 Å². The van der Waals surface area contributed by atoms with Gasteiger partial charge in [0.1, 0.15) is 0 Å². The van der Waals surface area contributed by atoms with Crippen molar-refractivity contribution in [2.75, 3.05) is 0 Å². The van der Waals surface area contributed by atoms with E-state index in [4.69, 9.17) is 5.73 Å². The van der Waals surface area contributed by atoms with Crippen LogP contribution >= 0.6 is 0 Å². The summed E-state index contributed by atoms with van der Waals surface area (Å²) in [4.78, 5) is 0. The van der Waals surface area contributed by atoms with E-state index in [1.807, 2.05) is 26.0 Å². The summed E-state index contributed by atoms with van der Waals surface area (Å²) in [6.07, 6.45) is -0.482. The summed E-state index contributed by atoms with van der Waals surface area (Å²) < 4.78 is 0. The minimum Gasteiger partial charge on any atom is -0.391 e. The average Bonchev–Trinajstić information content (AvgIpc) is 2.27. The Balaban J connectivity index is 2.81. The number of nitrogens with two attached hydrogens (primary N) is 1. The molecule has 0 aliphatic rings. The molecule has 2 heteroatoms. The summed E-state index contributed by atoms with van der Waals surface area (Å²) in [6, 6.07) is 7.93. The first kappa shape index (κ1) is 13.2. The Labute approximate surface area is 98.5 Å². The van der Waals surface area contributed by atoms with E-state index in [0.29, 0.717) is 5.92 Å². The monoisotopic (exact) mass is 221 g/mol. The molecular weight excluding hydrogens is 198 g/mol. The average molecular weight is 221 g/mol. The molecule has 2 atom stereocenters. The van der Waals surface area contributed by atoms with E-state index >= 15 is 0 Å². The molecule has 0 radical (unpaired) electrons. The quantitative estimate of drug-likeness (QED) is 0.821. The number of aliphatic hydroxyl groups excluding tert-OH is 1. The summed E-state index contributed by atoms with van der Waals surface area (Å²) in [5, 5.41) is 9.90. The van der Waals surface area contributed by atoms with Gasteiger partial charge in [-0.25, -0.2) is 0 Å². The lowest BCUT2D eigenvalue weighted by Crippen LogP contribution is -2.30. The van der Waals surface area contributed by atoms with E-state index in [0.717, 1.165) is 5.56 Å². The molecule has 0 amide bonds. The van der Waals surface area contributed by atoms with Crippen molar-refractivity contribution in [1.29, 1.82) is 0 Å². The van der Waals surface area contributed by atoms with Crippen LogP contribution in [-0.4, -0.2) is 11.2 Å². The molecule has 0 heterocycles. The van der Waals surface area contributed by atoms with Crippen LogP contribution < -0.4 is 5.73 Å². The zero-order valence-electron chi connectivity index (χ0n) is 10.6. The lowest BCUT2D eigenvalue weighted by molar-refractivity contribution is 0.0979. The van der Waals surface area contributed by atoms with Crippen LogP contribution in [0.15, 0.2) is 24.3 Å². The van der Waals surface area contributed by atoms with E-state index in [1.54, 1.807) is 0 Å². The van der Waals surface area contributed by atoms with Gasteiger partial charge in [0, 0.05) is 0 Å². The van der Waals surface area contributed by atoms with Gasteiger partial charge < -0.3 is 10.8 Å². The van der Waals surface area contributed by atoms with Crippen molar-refractivity contribution in [3.63, 3.8) is 0 Å². The molecule has 0 bridgehead atoms. The fraction of sp³-hybridized carbons (Fsp3) is 0.571. The van der Waals surface area contributed by atoms with Crippen LogP contribution in [0.3, 0.4) is 0 Å². The van der Waals surface area contributed by atoms with Gasteiger partial charge in [-0.05, 0) is 23.0 Å². The first-order valence-electron chi connectivity index (χ1n) is 5.97. The Kier molecular flexibility index (Phi) is 4.51. The summed E-state index contributed by atoms with van der Waals surface area (Å²) in [6.45, 7) is 8.29. The van der Waals surface area contributed by atoms with Crippen molar-refractivity contribution < 1.29 is 5.11 Å². The third-order valence-electron chi connectivity index (χ3n) is 3.04. The number of rotatable bonds is 4. The summed E-state index contributed by atoms with van der Waals surface area (Å²) in [5.41, 5.74) is 8.32. The zero-order chi connectivity index (χ0) is 12.3. The van der Waals surface area contributed by atoms with Crippen LogP contribution in [0, 0.1) is 5.92 Å². The minimum atomic E-state index is -0.482. The topological polar surface area (TPSA) is 46.2 Å². The number of hydrogen-bond donors (Lipinski definition) is 2. The normalized spacial score (nSPS) is 15.5.